The summed E-state index contributed by atoms with van der Waals surface area (Å²) >= 11 is 0. The van der Waals surface area contributed by atoms with E-state index in [1.54, 1.807) is 18.1 Å². The minimum absolute atomic E-state index is 0.189. The molecule has 6 heteroatoms. The number of ether oxygens (including phenoxy) is 2. The molecule has 0 spiro atoms. The van der Waals surface area contributed by atoms with Gasteiger partial charge in [-0.2, -0.15) is 0 Å². The number of carbonyl (C=O) groups excluding carboxylic acids is 2. The fraction of sp³-hybridized carbons (Fsp3) is 0.241. The van der Waals surface area contributed by atoms with E-state index in [4.69, 9.17) is 13.9 Å². The van der Waals surface area contributed by atoms with Gasteiger partial charge < -0.3 is 18.8 Å². The summed E-state index contributed by atoms with van der Waals surface area (Å²) in [4.78, 5) is 28.5. The molecule has 0 saturated carbocycles. The molecule has 1 aliphatic rings. The van der Waals surface area contributed by atoms with Crippen LogP contribution in [0, 0.1) is 0 Å². The number of amides is 1. The van der Waals surface area contributed by atoms with Gasteiger partial charge in [0.2, 0.25) is 5.76 Å². The van der Waals surface area contributed by atoms with Crippen molar-refractivity contribution in [3.63, 3.8) is 0 Å². The van der Waals surface area contributed by atoms with Gasteiger partial charge in [-0.25, -0.2) is 0 Å². The maximum Gasteiger partial charge on any atom is 0.316 e. The summed E-state index contributed by atoms with van der Waals surface area (Å²) < 4.78 is 16.7. The fourth-order valence-corrected chi connectivity index (χ4v) is 5.04. The molecule has 0 radical (unpaired) electrons. The SMILES string of the molecule is COC(=O)C1(c2ccccc2)CCN(C(=O)c2oc3cc(OC)ccc3c2-c2ccccc2)CC1. The lowest BCUT2D eigenvalue weighted by Gasteiger charge is -2.39. The molecule has 1 aliphatic heterocycles. The van der Waals surface area contributed by atoms with Crippen LogP contribution in [0.15, 0.2) is 83.3 Å². The average Bonchev–Trinajstić information content (AvgIpc) is 3.32. The van der Waals surface area contributed by atoms with Crippen molar-refractivity contribution in [2.24, 2.45) is 0 Å². The molecule has 5 rings (SSSR count). The Labute approximate surface area is 204 Å². The lowest BCUT2D eigenvalue weighted by Crippen LogP contribution is -2.49. The molecular weight excluding hydrogens is 442 g/mol. The molecule has 0 aliphatic carbocycles. The van der Waals surface area contributed by atoms with Crippen molar-refractivity contribution in [1.29, 1.82) is 0 Å². The predicted molar refractivity (Wildman–Crippen MR) is 133 cm³/mol. The second-order valence-corrected chi connectivity index (χ2v) is 8.77. The quantitative estimate of drug-likeness (QED) is 0.363. The number of piperidine rings is 1. The molecule has 0 N–H and O–H groups in total. The van der Waals surface area contributed by atoms with Gasteiger partial charge in [-0.1, -0.05) is 60.7 Å². The van der Waals surface area contributed by atoms with E-state index in [-0.39, 0.29) is 11.9 Å². The summed E-state index contributed by atoms with van der Waals surface area (Å²) in [7, 11) is 3.02. The van der Waals surface area contributed by atoms with Crippen LogP contribution in [0.25, 0.3) is 22.1 Å². The first-order valence-electron chi connectivity index (χ1n) is 11.7. The minimum atomic E-state index is -0.768. The topological polar surface area (TPSA) is 69.0 Å². The number of hydrogen-bond acceptors (Lipinski definition) is 5. The van der Waals surface area contributed by atoms with Gasteiger partial charge in [0.05, 0.1) is 19.6 Å². The molecule has 1 amide bonds. The number of rotatable bonds is 5. The van der Waals surface area contributed by atoms with Crippen LogP contribution >= 0.6 is 0 Å². The van der Waals surface area contributed by atoms with E-state index in [2.05, 4.69) is 0 Å². The van der Waals surface area contributed by atoms with Crippen molar-refractivity contribution in [3.8, 4) is 16.9 Å². The van der Waals surface area contributed by atoms with Gasteiger partial charge >= 0.3 is 5.97 Å². The van der Waals surface area contributed by atoms with Crippen LogP contribution in [0.3, 0.4) is 0 Å². The highest BCUT2D eigenvalue weighted by atomic mass is 16.5. The van der Waals surface area contributed by atoms with E-state index in [0.717, 1.165) is 22.1 Å². The van der Waals surface area contributed by atoms with Crippen molar-refractivity contribution in [3.05, 3.63) is 90.2 Å². The summed E-state index contributed by atoms with van der Waals surface area (Å²) in [5.74, 6) is 0.500. The number of hydrogen-bond donors (Lipinski definition) is 0. The normalized spacial score (nSPS) is 15.1. The Morgan fingerprint density at radius 1 is 0.886 bits per heavy atom. The number of benzene rings is 3. The van der Waals surface area contributed by atoms with E-state index in [0.29, 0.717) is 43.0 Å². The van der Waals surface area contributed by atoms with Crippen molar-refractivity contribution < 1.29 is 23.5 Å². The van der Waals surface area contributed by atoms with Crippen LogP contribution in [-0.4, -0.2) is 44.1 Å². The predicted octanol–water partition coefficient (Wildman–Crippen LogP) is 5.46. The standard InChI is InChI=1S/C29H27NO5/c1-33-22-13-14-23-24(19-22)35-26(25(23)20-9-5-3-6-10-20)27(31)30-17-15-29(16-18-30,28(32)34-2)21-11-7-4-8-12-21/h3-14,19H,15-18H2,1-2H3. The smallest absolute Gasteiger partial charge is 0.316 e. The Morgan fingerprint density at radius 2 is 1.54 bits per heavy atom. The molecule has 6 nitrogen and oxygen atoms in total. The van der Waals surface area contributed by atoms with Crippen LogP contribution < -0.4 is 4.74 Å². The molecule has 178 valence electrons. The first-order valence-corrected chi connectivity index (χ1v) is 11.7. The molecule has 0 unspecified atom stereocenters. The molecule has 1 fully saturated rings. The molecule has 4 aromatic rings. The molecule has 3 aromatic carbocycles. The lowest BCUT2D eigenvalue weighted by molar-refractivity contribution is -0.149. The minimum Gasteiger partial charge on any atom is -0.497 e. The summed E-state index contributed by atoms with van der Waals surface area (Å²) in [5, 5.41) is 0.852. The van der Waals surface area contributed by atoms with Crippen LogP contribution in [0.4, 0.5) is 0 Å². The Kier molecular flexibility index (Phi) is 6.03. The monoisotopic (exact) mass is 469 g/mol. The van der Waals surface area contributed by atoms with Crippen molar-refractivity contribution in [2.75, 3.05) is 27.3 Å². The van der Waals surface area contributed by atoms with Gasteiger partial charge in [0.1, 0.15) is 11.3 Å². The summed E-state index contributed by atoms with van der Waals surface area (Å²) in [6.07, 6.45) is 0.953. The van der Waals surface area contributed by atoms with Gasteiger partial charge in [0, 0.05) is 30.1 Å². The zero-order chi connectivity index (χ0) is 24.4. The first-order chi connectivity index (χ1) is 17.1. The second-order valence-electron chi connectivity index (χ2n) is 8.77. The Balaban J connectivity index is 1.50. The zero-order valence-electron chi connectivity index (χ0n) is 19.8. The molecule has 0 atom stereocenters. The number of furan rings is 1. The maximum atomic E-state index is 13.8. The molecule has 1 saturated heterocycles. The van der Waals surface area contributed by atoms with E-state index < -0.39 is 5.41 Å². The van der Waals surface area contributed by atoms with Crippen molar-refractivity contribution in [1.82, 2.24) is 4.90 Å². The highest BCUT2D eigenvalue weighted by Gasteiger charge is 2.45. The molecular formula is C29H27NO5. The maximum absolute atomic E-state index is 13.8. The van der Waals surface area contributed by atoms with E-state index in [1.165, 1.54) is 7.11 Å². The number of methoxy groups -OCH3 is 2. The number of likely N-dealkylation sites (tertiary alicyclic amines) is 1. The zero-order valence-corrected chi connectivity index (χ0v) is 19.8. The van der Waals surface area contributed by atoms with E-state index >= 15 is 0 Å². The molecule has 2 heterocycles. The Morgan fingerprint density at radius 3 is 2.17 bits per heavy atom. The fourth-order valence-electron chi connectivity index (χ4n) is 5.04. The Bertz CT molecular complexity index is 1350. The van der Waals surface area contributed by atoms with Gasteiger partial charge in [-0.05, 0) is 36.1 Å². The third-order valence-corrected chi connectivity index (χ3v) is 6.96. The number of nitrogens with zero attached hydrogens (tertiary/aromatic N) is 1. The first kappa shape index (κ1) is 22.7. The summed E-state index contributed by atoms with van der Waals surface area (Å²) in [6, 6.07) is 25.0. The average molecular weight is 470 g/mol. The van der Waals surface area contributed by atoms with Crippen LogP contribution in [0.1, 0.15) is 29.0 Å². The highest BCUT2D eigenvalue weighted by Crippen LogP contribution is 2.40. The second kappa shape index (κ2) is 9.29. The van der Waals surface area contributed by atoms with Crippen LogP contribution in [0.2, 0.25) is 0 Å². The summed E-state index contributed by atoms with van der Waals surface area (Å²) in [5.41, 5.74) is 2.42. The third-order valence-electron chi connectivity index (χ3n) is 6.96. The van der Waals surface area contributed by atoms with Crippen molar-refractivity contribution >= 4 is 22.8 Å². The highest BCUT2D eigenvalue weighted by molar-refractivity contribution is 6.08. The van der Waals surface area contributed by atoms with Gasteiger partial charge in [0.15, 0.2) is 0 Å². The third kappa shape index (κ3) is 3.95. The van der Waals surface area contributed by atoms with Gasteiger partial charge in [-0.15, -0.1) is 0 Å². The largest absolute Gasteiger partial charge is 0.497 e. The molecule has 1 aromatic heterocycles. The van der Waals surface area contributed by atoms with Crippen LogP contribution in [0.5, 0.6) is 5.75 Å². The lowest BCUT2D eigenvalue weighted by atomic mass is 9.72. The molecule has 35 heavy (non-hydrogen) atoms. The van der Waals surface area contributed by atoms with Crippen molar-refractivity contribution in [2.45, 2.75) is 18.3 Å². The van der Waals surface area contributed by atoms with E-state index in [1.807, 2.05) is 72.8 Å². The number of carbonyl (C=O) groups is 2. The number of esters is 1. The van der Waals surface area contributed by atoms with Gasteiger partial charge in [-0.3, -0.25) is 9.59 Å². The van der Waals surface area contributed by atoms with Gasteiger partial charge in [0.25, 0.3) is 5.91 Å². The van der Waals surface area contributed by atoms with E-state index in [9.17, 15) is 9.59 Å². The van der Waals surface area contributed by atoms with Crippen LogP contribution in [-0.2, 0) is 14.9 Å². The summed E-state index contributed by atoms with van der Waals surface area (Å²) in [6.45, 7) is 0.828. The molecule has 0 bridgehead atoms. The Hall–Kier alpha value is -4.06. The number of fused-ring (bicyclic) bond motifs is 1.